The zero-order valence-corrected chi connectivity index (χ0v) is 15.0. The number of carbonyl (C=O) groups excluding carboxylic acids is 1. The molecular weight excluding hydrogens is 371 g/mol. The first-order chi connectivity index (χ1) is 13.2. The third-order valence-electron chi connectivity index (χ3n) is 4.15. The molecule has 8 heteroatoms. The molecule has 1 amide bonds. The molecule has 2 aromatic carbocycles. The summed E-state index contributed by atoms with van der Waals surface area (Å²) in [6, 6.07) is 12.9. The van der Waals surface area contributed by atoms with Crippen LogP contribution in [0.15, 0.2) is 59.4 Å². The van der Waals surface area contributed by atoms with Gasteiger partial charge in [0.1, 0.15) is 0 Å². The van der Waals surface area contributed by atoms with Crippen LogP contribution in [-0.4, -0.2) is 15.7 Å². The number of rotatable bonds is 3. The van der Waals surface area contributed by atoms with Crippen LogP contribution in [0.1, 0.15) is 27.3 Å². The van der Waals surface area contributed by atoms with Crippen molar-refractivity contribution in [1.82, 2.24) is 9.78 Å². The minimum Gasteiger partial charge on any atom is -0.320 e. The Kier molecular flexibility index (Phi) is 5.04. The second kappa shape index (κ2) is 7.30. The number of hydrogen-bond donors (Lipinski definition) is 1. The monoisotopic (exact) mass is 387 g/mol. The molecule has 5 nitrogen and oxygen atoms in total. The number of nitrogens with one attached hydrogen (secondary N) is 1. The number of amides is 1. The summed E-state index contributed by atoms with van der Waals surface area (Å²) in [5.41, 5.74) is -0.927. The summed E-state index contributed by atoms with van der Waals surface area (Å²) >= 11 is 0. The lowest BCUT2D eigenvalue weighted by Gasteiger charge is -2.16. The minimum atomic E-state index is -4.61. The Morgan fingerprint density at radius 2 is 1.68 bits per heavy atom. The Balaban J connectivity index is 2.09. The van der Waals surface area contributed by atoms with E-state index in [0.717, 1.165) is 22.4 Å². The van der Waals surface area contributed by atoms with Crippen molar-refractivity contribution < 1.29 is 18.0 Å². The Morgan fingerprint density at radius 1 is 1.04 bits per heavy atom. The molecule has 0 spiro atoms. The number of benzene rings is 2. The first-order valence-electron chi connectivity index (χ1n) is 8.33. The van der Waals surface area contributed by atoms with Crippen molar-refractivity contribution in [2.75, 3.05) is 5.32 Å². The molecule has 0 saturated carbocycles. The summed E-state index contributed by atoms with van der Waals surface area (Å²) in [6.45, 7) is 3.22. The van der Waals surface area contributed by atoms with Crippen molar-refractivity contribution in [3.63, 3.8) is 0 Å². The van der Waals surface area contributed by atoms with Crippen LogP contribution in [0.5, 0.6) is 0 Å². The van der Waals surface area contributed by atoms with Gasteiger partial charge in [0.2, 0.25) is 5.43 Å². The smallest absolute Gasteiger partial charge is 0.320 e. The van der Waals surface area contributed by atoms with Gasteiger partial charge in [-0.15, -0.1) is 0 Å². The predicted molar refractivity (Wildman–Crippen MR) is 98.7 cm³/mol. The van der Waals surface area contributed by atoms with E-state index in [9.17, 15) is 22.8 Å². The number of hydrogen-bond acceptors (Lipinski definition) is 3. The SMILES string of the molecule is Cc1ccccc1NC(=O)c1nn(-c2ccccc2C(F)(F)F)c(C)cc1=O. The Labute approximate surface area is 158 Å². The van der Waals surface area contributed by atoms with E-state index in [4.69, 9.17) is 0 Å². The molecule has 0 aliphatic rings. The van der Waals surface area contributed by atoms with Crippen molar-refractivity contribution in [2.45, 2.75) is 20.0 Å². The molecule has 3 aromatic rings. The average Bonchev–Trinajstić information content (AvgIpc) is 2.63. The van der Waals surface area contributed by atoms with E-state index in [2.05, 4.69) is 10.4 Å². The molecule has 0 unspecified atom stereocenters. The second-order valence-electron chi connectivity index (χ2n) is 6.19. The van der Waals surface area contributed by atoms with Crippen molar-refractivity contribution >= 4 is 11.6 Å². The number of alkyl halides is 3. The first-order valence-corrected chi connectivity index (χ1v) is 8.33. The summed E-state index contributed by atoms with van der Waals surface area (Å²) in [5.74, 6) is -0.794. The number of aryl methyl sites for hydroxylation is 2. The molecule has 0 fully saturated rings. The minimum absolute atomic E-state index is 0.175. The maximum Gasteiger partial charge on any atom is 0.418 e. The van der Waals surface area contributed by atoms with Gasteiger partial charge in [-0.05, 0) is 37.6 Å². The molecule has 28 heavy (non-hydrogen) atoms. The van der Waals surface area contributed by atoms with Crippen LogP contribution < -0.4 is 10.7 Å². The molecular formula is C20H16F3N3O2. The van der Waals surface area contributed by atoms with E-state index in [1.807, 2.05) is 0 Å². The second-order valence-corrected chi connectivity index (χ2v) is 6.19. The van der Waals surface area contributed by atoms with Crippen molar-refractivity contribution in [1.29, 1.82) is 0 Å². The van der Waals surface area contributed by atoms with E-state index < -0.39 is 28.8 Å². The molecule has 0 saturated heterocycles. The van der Waals surface area contributed by atoms with Crippen LogP contribution in [0.4, 0.5) is 18.9 Å². The topological polar surface area (TPSA) is 64.0 Å². The van der Waals surface area contributed by atoms with E-state index in [1.165, 1.54) is 25.1 Å². The highest BCUT2D eigenvalue weighted by Crippen LogP contribution is 2.33. The van der Waals surface area contributed by atoms with Crippen LogP contribution in [0, 0.1) is 13.8 Å². The molecule has 0 aliphatic carbocycles. The fraction of sp³-hybridized carbons (Fsp3) is 0.150. The Morgan fingerprint density at radius 3 is 2.36 bits per heavy atom. The molecule has 0 radical (unpaired) electrons. The third-order valence-corrected chi connectivity index (χ3v) is 4.15. The summed E-state index contributed by atoms with van der Waals surface area (Å²) in [5, 5.41) is 6.51. The summed E-state index contributed by atoms with van der Waals surface area (Å²) in [4.78, 5) is 24.8. The number of nitrogens with zero attached hydrogens (tertiary/aromatic N) is 2. The van der Waals surface area contributed by atoms with Crippen molar-refractivity contribution in [3.05, 3.63) is 87.3 Å². The number of aromatic nitrogens is 2. The lowest BCUT2D eigenvalue weighted by Crippen LogP contribution is -2.27. The summed E-state index contributed by atoms with van der Waals surface area (Å²) < 4.78 is 41.0. The van der Waals surface area contributed by atoms with Crippen LogP contribution in [0.3, 0.4) is 0 Å². The third kappa shape index (κ3) is 3.80. The molecule has 1 N–H and O–H groups in total. The van der Waals surface area contributed by atoms with Gasteiger partial charge in [-0.2, -0.15) is 18.3 Å². The zero-order valence-electron chi connectivity index (χ0n) is 15.0. The normalized spacial score (nSPS) is 11.3. The Hall–Kier alpha value is -3.42. The average molecular weight is 387 g/mol. The van der Waals surface area contributed by atoms with Crippen LogP contribution in [-0.2, 0) is 6.18 Å². The number of anilines is 1. The molecule has 0 atom stereocenters. The maximum absolute atomic E-state index is 13.4. The maximum atomic E-state index is 13.4. The molecule has 0 aliphatic heterocycles. The van der Waals surface area contributed by atoms with E-state index in [0.29, 0.717) is 5.69 Å². The van der Waals surface area contributed by atoms with Gasteiger partial charge in [0.05, 0.1) is 11.3 Å². The van der Waals surface area contributed by atoms with Crippen LogP contribution in [0.2, 0.25) is 0 Å². The van der Waals surface area contributed by atoms with Gasteiger partial charge in [0, 0.05) is 17.4 Å². The molecule has 1 heterocycles. The van der Waals surface area contributed by atoms with Gasteiger partial charge in [-0.3, -0.25) is 9.59 Å². The fourth-order valence-electron chi connectivity index (χ4n) is 2.74. The fourth-order valence-corrected chi connectivity index (χ4v) is 2.74. The number of para-hydroxylation sites is 2. The zero-order chi connectivity index (χ0) is 20.5. The van der Waals surface area contributed by atoms with Crippen LogP contribution in [0.25, 0.3) is 5.69 Å². The molecule has 1 aromatic heterocycles. The summed E-state index contributed by atoms with van der Waals surface area (Å²) in [7, 11) is 0. The van der Waals surface area contributed by atoms with Gasteiger partial charge in [-0.25, -0.2) is 4.68 Å². The highest BCUT2D eigenvalue weighted by molar-refractivity contribution is 6.03. The lowest BCUT2D eigenvalue weighted by molar-refractivity contribution is -0.137. The van der Waals surface area contributed by atoms with Crippen molar-refractivity contribution in [3.8, 4) is 5.69 Å². The van der Waals surface area contributed by atoms with Gasteiger partial charge in [-0.1, -0.05) is 30.3 Å². The van der Waals surface area contributed by atoms with Crippen molar-refractivity contribution in [2.24, 2.45) is 0 Å². The molecule has 144 valence electrons. The highest BCUT2D eigenvalue weighted by atomic mass is 19.4. The number of halogens is 3. The Bertz CT molecular complexity index is 1100. The molecule has 0 bridgehead atoms. The van der Waals surface area contributed by atoms with Gasteiger partial charge >= 0.3 is 6.18 Å². The van der Waals surface area contributed by atoms with Gasteiger partial charge in [0.15, 0.2) is 5.69 Å². The quantitative estimate of drug-likeness (QED) is 0.735. The standard InChI is InChI=1S/C20H16F3N3O2/c1-12-7-3-5-9-15(12)24-19(28)18-17(27)11-13(2)26(25-18)16-10-6-4-8-14(16)20(21,22)23/h3-11H,1-2H3,(H,24,28). The van der Waals surface area contributed by atoms with E-state index in [1.54, 1.807) is 31.2 Å². The number of carbonyl (C=O) groups is 1. The predicted octanol–water partition coefficient (Wildman–Crippen LogP) is 4.12. The van der Waals surface area contributed by atoms with Gasteiger partial charge in [0.25, 0.3) is 5.91 Å². The highest BCUT2D eigenvalue weighted by Gasteiger charge is 2.34. The first kappa shape index (κ1) is 19.3. The van der Waals surface area contributed by atoms with E-state index >= 15 is 0 Å². The van der Waals surface area contributed by atoms with Gasteiger partial charge < -0.3 is 5.32 Å². The van der Waals surface area contributed by atoms with E-state index in [-0.39, 0.29) is 11.4 Å². The largest absolute Gasteiger partial charge is 0.418 e. The lowest BCUT2D eigenvalue weighted by atomic mass is 10.1. The summed E-state index contributed by atoms with van der Waals surface area (Å²) in [6.07, 6.45) is -4.61. The molecule has 3 rings (SSSR count). The van der Waals surface area contributed by atoms with Crippen LogP contribution >= 0.6 is 0 Å².